The third-order valence-corrected chi connectivity index (χ3v) is 8.98. The number of methoxy groups -OCH3 is 1. The third-order valence-electron chi connectivity index (χ3n) is 5.36. The quantitative estimate of drug-likeness (QED) is 0.672. The molecule has 30 heavy (non-hydrogen) atoms. The Morgan fingerprint density at radius 2 is 1.53 bits per heavy atom. The van der Waals surface area contributed by atoms with Gasteiger partial charge in [0, 0.05) is 20.1 Å². The van der Waals surface area contributed by atoms with Crippen LogP contribution in [0.5, 0.6) is 5.75 Å². The van der Waals surface area contributed by atoms with Gasteiger partial charge in [0.2, 0.25) is 10.0 Å². The van der Waals surface area contributed by atoms with Gasteiger partial charge in [0.1, 0.15) is 5.75 Å². The lowest BCUT2D eigenvalue weighted by Crippen LogP contribution is -2.42. The Morgan fingerprint density at radius 1 is 0.933 bits per heavy atom. The van der Waals surface area contributed by atoms with E-state index in [0.717, 1.165) is 10.7 Å². The molecule has 164 valence electrons. The van der Waals surface area contributed by atoms with Crippen molar-refractivity contribution in [3.63, 3.8) is 0 Å². The van der Waals surface area contributed by atoms with Crippen LogP contribution in [0.25, 0.3) is 0 Å². The summed E-state index contributed by atoms with van der Waals surface area (Å²) in [6.45, 7) is 4.98. The molecule has 0 amide bonds. The molecule has 3 rings (SSSR count). The molecule has 0 unspecified atom stereocenters. The molecule has 9 heteroatoms. The molecule has 2 aromatic carbocycles. The Hall–Kier alpha value is -2.10. The fourth-order valence-electron chi connectivity index (χ4n) is 3.91. The van der Waals surface area contributed by atoms with E-state index < -0.39 is 20.0 Å². The number of sulfonamides is 2. The topological polar surface area (TPSA) is 84.0 Å². The first kappa shape index (κ1) is 22.6. The van der Waals surface area contributed by atoms with E-state index in [1.165, 1.54) is 48.8 Å². The van der Waals surface area contributed by atoms with Gasteiger partial charge in [0.15, 0.2) is 0 Å². The SMILES string of the molecule is COc1ccc(S(=O)(=O)N2C[C@H](C)C[C@@H](C)C2)cc1N(C)S(=O)(=O)c1ccccc1. The zero-order valence-corrected chi connectivity index (χ0v) is 19.3. The number of nitrogens with zero attached hydrogens (tertiary/aromatic N) is 2. The summed E-state index contributed by atoms with van der Waals surface area (Å²) in [5, 5.41) is 0. The zero-order chi connectivity index (χ0) is 22.1. The standard InChI is InChI=1S/C21H28N2O5S2/c1-16-12-17(2)15-23(14-16)30(26,27)19-10-11-21(28-4)20(13-19)22(3)29(24,25)18-8-6-5-7-9-18/h5-11,13,16-17H,12,14-15H2,1-4H3/t16-,17-/m1/s1. The molecule has 1 saturated heterocycles. The summed E-state index contributed by atoms with van der Waals surface area (Å²) in [6.07, 6.45) is 0.984. The van der Waals surface area contributed by atoms with Crippen molar-refractivity contribution in [3.8, 4) is 5.75 Å². The van der Waals surface area contributed by atoms with E-state index in [9.17, 15) is 16.8 Å². The van der Waals surface area contributed by atoms with Crippen molar-refractivity contribution in [2.75, 3.05) is 31.6 Å². The number of benzene rings is 2. The lowest BCUT2D eigenvalue weighted by atomic mass is 9.94. The fraction of sp³-hybridized carbons (Fsp3) is 0.429. The van der Waals surface area contributed by atoms with E-state index in [4.69, 9.17) is 4.74 Å². The van der Waals surface area contributed by atoms with Crippen LogP contribution >= 0.6 is 0 Å². The Labute approximate surface area is 179 Å². The van der Waals surface area contributed by atoms with Crippen molar-refractivity contribution >= 4 is 25.7 Å². The Morgan fingerprint density at radius 3 is 2.10 bits per heavy atom. The van der Waals surface area contributed by atoms with E-state index in [1.807, 2.05) is 13.8 Å². The number of rotatable bonds is 6. The molecule has 2 aromatic rings. The molecule has 0 radical (unpaired) electrons. The van der Waals surface area contributed by atoms with Crippen LogP contribution < -0.4 is 9.04 Å². The first-order chi connectivity index (χ1) is 14.1. The summed E-state index contributed by atoms with van der Waals surface area (Å²) < 4.78 is 60.6. The average Bonchev–Trinajstić information content (AvgIpc) is 2.72. The van der Waals surface area contributed by atoms with E-state index in [1.54, 1.807) is 18.2 Å². The highest BCUT2D eigenvalue weighted by Gasteiger charge is 2.33. The summed E-state index contributed by atoms with van der Waals surface area (Å²) in [5.41, 5.74) is 0.167. The maximum atomic E-state index is 13.3. The minimum absolute atomic E-state index is 0.0507. The maximum Gasteiger partial charge on any atom is 0.264 e. The van der Waals surface area contributed by atoms with Crippen LogP contribution in [0.4, 0.5) is 5.69 Å². The molecule has 1 heterocycles. The minimum Gasteiger partial charge on any atom is -0.495 e. The molecule has 0 aromatic heterocycles. The van der Waals surface area contributed by atoms with Gasteiger partial charge in [-0.25, -0.2) is 16.8 Å². The van der Waals surface area contributed by atoms with Crippen LogP contribution in [0.15, 0.2) is 58.3 Å². The van der Waals surface area contributed by atoms with Gasteiger partial charge in [-0.1, -0.05) is 32.0 Å². The highest BCUT2D eigenvalue weighted by molar-refractivity contribution is 7.92. The molecule has 0 N–H and O–H groups in total. The molecule has 0 aliphatic carbocycles. The second-order valence-electron chi connectivity index (χ2n) is 7.89. The first-order valence-corrected chi connectivity index (χ1v) is 12.7. The summed E-state index contributed by atoms with van der Waals surface area (Å²) in [6, 6.07) is 12.3. The molecule has 0 spiro atoms. The van der Waals surface area contributed by atoms with E-state index in [2.05, 4.69) is 0 Å². The van der Waals surface area contributed by atoms with Crippen LogP contribution in [0, 0.1) is 11.8 Å². The molecule has 7 nitrogen and oxygen atoms in total. The van der Waals surface area contributed by atoms with Crippen LogP contribution in [0.3, 0.4) is 0 Å². The molecular weight excluding hydrogens is 424 g/mol. The van der Waals surface area contributed by atoms with Gasteiger partial charge < -0.3 is 4.74 Å². The second-order valence-corrected chi connectivity index (χ2v) is 11.8. The molecule has 2 atom stereocenters. The fourth-order valence-corrected chi connectivity index (χ4v) is 6.83. The minimum atomic E-state index is -3.88. The Kier molecular flexibility index (Phi) is 6.45. The number of hydrogen-bond donors (Lipinski definition) is 0. The van der Waals surface area contributed by atoms with Gasteiger partial charge >= 0.3 is 0 Å². The van der Waals surface area contributed by atoms with Gasteiger partial charge in [-0.15, -0.1) is 0 Å². The Bertz CT molecular complexity index is 1090. The lowest BCUT2D eigenvalue weighted by Gasteiger charge is -2.34. The highest BCUT2D eigenvalue weighted by Crippen LogP contribution is 2.35. The zero-order valence-electron chi connectivity index (χ0n) is 17.6. The molecule has 1 fully saturated rings. The number of piperidine rings is 1. The number of ether oxygens (including phenoxy) is 1. The van der Waals surface area contributed by atoms with Gasteiger partial charge in [-0.2, -0.15) is 4.31 Å². The van der Waals surface area contributed by atoms with Gasteiger partial charge in [0.05, 0.1) is 22.6 Å². The van der Waals surface area contributed by atoms with Crippen LogP contribution in [-0.4, -0.2) is 48.4 Å². The molecular formula is C21H28N2O5S2. The molecule has 0 bridgehead atoms. The van der Waals surface area contributed by atoms with Crippen LogP contribution in [0.1, 0.15) is 20.3 Å². The van der Waals surface area contributed by atoms with E-state index in [0.29, 0.717) is 13.1 Å². The normalized spacial score (nSPS) is 20.7. The summed E-state index contributed by atoms with van der Waals surface area (Å²) in [5.74, 6) is 0.807. The molecule has 1 aliphatic heterocycles. The van der Waals surface area contributed by atoms with Crippen molar-refractivity contribution < 1.29 is 21.6 Å². The largest absolute Gasteiger partial charge is 0.495 e. The first-order valence-electron chi connectivity index (χ1n) is 9.79. The predicted molar refractivity (Wildman–Crippen MR) is 117 cm³/mol. The smallest absolute Gasteiger partial charge is 0.264 e. The molecule has 0 saturated carbocycles. The monoisotopic (exact) mass is 452 g/mol. The lowest BCUT2D eigenvalue weighted by molar-refractivity contribution is 0.222. The van der Waals surface area contributed by atoms with Gasteiger partial charge in [0.25, 0.3) is 10.0 Å². The number of hydrogen-bond acceptors (Lipinski definition) is 5. The Balaban J connectivity index is 2.04. The average molecular weight is 453 g/mol. The second kappa shape index (κ2) is 8.56. The highest BCUT2D eigenvalue weighted by atomic mass is 32.2. The number of anilines is 1. The maximum absolute atomic E-state index is 13.3. The summed E-state index contributed by atoms with van der Waals surface area (Å²) >= 11 is 0. The van der Waals surface area contributed by atoms with Crippen molar-refractivity contribution in [2.45, 2.75) is 30.1 Å². The van der Waals surface area contributed by atoms with Crippen LogP contribution in [0.2, 0.25) is 0 Å². The summed E-state index contributed by atoms with van der Waals surface area (Å²) in [4.78, 5) is 0.163. The third kappa shape index (κ3) is 4.33. The van der Waals surface area contributed by atoms with E-state index >= 15 is 0 Å². The van der Waals surface area contributed by atoms with E-state index in [-0.39, 0.29) is 33.1 Å². The molecule has 1 aliphatic rings. The van der Waals surface area contributed by atoms with Gasteiger partial charge in [-0.05, 0) is 48.6 Å². The summed E-state index contributed by atoms with van der Waals surface area (Å²) in [7, 11) is -4.84. The van der Waals surface area contributed by atoms with Crippen molar-refractivity contribution in [3.05, 3.63) is 48.5 Å². The van der Waals surface area contributed by atoms with Crippen molar-refractivity contribution in [2.24, 2.45) is 11.8 Å². The van der Waals surface area contributed by atoms with Crippen LogP contribution in [-0.2, 0) is 20.0 Å². The van der Waals surface area contributed by atoms with Crippen molar-refractivity contribution in [1.29, 1.82) is 0 Å². The van der Waals surface area contributed by atoms with Gasteiger partial charge in [-0.3, -0.25) is 4.31 Å². The van der Waals surface area contributed by atoms with Crippen molar-refractivity contribution in [1.82, 2.24) is 4.31 Å². The predicted octanol–water partition coefficient (Wildman–Crippen LogP) is 3.19.